The van der Waals surface area contributed by atoms with Crippen molar-refractivity contribution < 1.29 is 18.0 Å². The number of carbonyl (C=O) groups is 2. The topological polar surface area (TPSA) is 86.8 Å². The molecule has 1 atom stereocenters. The number of anilines is 1. The minimum absolute atomic E-state index is 0.0833. The van der Waals surface area contributed by atoms with Crippen LogP contribution in [-0.4, -0.2) is 44.3 Å². The molecule has 0 unspecified atom stereocenters. The first-order valence-electron chi connectivity index (χ1n) is 15.4. The van der Waals surface area contributed by atoms with E-state index in [1.165, 1.54) is 9.21 Å². The number of carbonyl (C=O) groups excluding carboxylic acids is 2. The lowest BCUT2D eigenvalue weighted by atomic mass is 10.0. The molecule has 7 nitrogen and oxygen atoms in total. The molecule has 1 N–H and O–H groups in total. The van der Waals surface area contributed by atoms with Crippen molar-refractivity contribution in [2.45, 2.75) is 58.5 Å². The normalized spacial score (nSPS) is 12.1. The van der Waals surface area contributed by atoms with Crippen LogP contribution in [0, 0.1) is 26.7 Å². The summed E-state index contributed by atoms with van der Waals surface area (Å²) >= 11 is 3.52. The summed E-state index contributed by atoms with van der Waals surface area (Å²) in [7, 11) is -4.16. The van der Waals surface area contributed by atoms with Gasteiger partial charge in [-0.15, -0.1) is 0 Å². The van der Waals surface area contributed by atoms with E-state index in [4.69, 9.17) is 0 Å². The molecule has 46 heavy (non-hydrogen) atoms. The molecular weight excluding hydrogens is 662 g/mol. The van der Waals surface area contributed by atoms with Crippen LogP contribution in [0.2, 0.25) is 0 Å². The first kappa shape index (κ1) is 34.9. The molecule has 0 aromatic heterocycles. The van der Waals surface area contributed by atoms with Crippen molar-refractivity contribution in [1.82, 2.24) is 10.2 Å². The fraction of sp³-hybridized carbons (Fsp3) is 0.297. The number of benzene rings is 4. The number of rotatable bonds is 13. The molecule has 0 saturated heterocycles. The first-order chi connectivity index (χ1) is 21.8. The molecular formula is C37H42BrN3O4S. The average Bonchev–Trinajstić information content (AvgIpc) is 3.01. The minimum atomic E-state index is -4.16. The highest BCUT2D eigenvalue weighted by atomic mass is 79.9. The fourth-order valence-corrected chi connectivity index (χ4v) is 7.17. The molecule has 0 aliphatic heterocycles. The highest BCUT2D eigenvalue weighted by Crippen LogP contribution is 2.29. The van der Waals surface area contributed by atoms with Gasteiger partial charge in [0.25, 0.3) is 10.0 Å². The largest absolute Gasteiger partial charge is 0.354 e. The molecule has 4 aromatic rings. The van der Waals surface area contributed by atoms with Gasteiger partial charge in [-0.05, 0) is 73.7 Å². The van der Waals surface area contributed by atoms with E-state index in [0.717, 1.165) is 32.3 Å². The van der Waals surface area contributed by atoms with Crippen molar-refractivity contribution in [3.63, 3.8) is 0 Å². The molecule has 0 aliphatic carbocycles. The summed E-state index contributed by atoms with van der Waals surface area (Å²) < 4.78 is 30.6. The Morgan fingerprint density at radius 2 is 1.46 bits per heavy atom. The van der Waals surface area contributed by atoms with E-state index >= 15 is 0 Å². The molecule has 9 heteroatoms. The SMILES string of the molecule is Cc1ccc(S(=O)(=O)N(CC(=O)N(Cc2cccc(Br)c2)[C@H](Cc2ccccc2)C(=O)NCC(C)C)c2ccc(C)cc2C)cc1. The monoisotopic (exact) mass is 703 g/mol. The smallest absolute Gasteiger partial charge is 0.264 e. The average molecular weight is 705 g/mol. The molecule has 0 radical (unpaired) electrons. The number of halogens is 1. The Hall–Kier alpha value is -3.95. The quantitative estimate of drug-likeness (QED) is 0.163. The molecule has 0 aliphatic rings. The zero-order valence-electron chi connectivity index (χ0n) is 27.0. The number of amides is 2. The van der Waals surface area contributed by atoms with E-state index in [-0.39, 0.29) is 29.7 Å². The van der Waals surface area contributed by atoms with E-state index in [2.05, 4.69) is 21.2 Å². The standard InChI is InChI=1S/C37H42BrN3O4S/c1-26(2)23-39-37(43)35(22-30-10-7-6-8-11-30)40(24-31-12-9-13-32(38)21-31)36(42)25-41(34-19-16-28(4)20-29(34)5)46(44,45)33-17-14-27(3)15-18-33/h6-21,26,35H,22-25H2,1-5H3,(H,39,43)/t35-/m1/s1. The highest BCUT2D eigenvalue weighted by molar-refractivity contribution is 9.10. The van der Waals surface area contributed by atoms with E-state index in [9.17, 15) is 18.0 Å². The molecule has 4 aromatic carbocycles. The summed E-state index contributed by atoms with van der Waals surface area (Å²) in [5.74, 6) is -0.577. The molecule has 0 saturated carbocycles. The maximum absolute atomic E-state index is 14.6. The van der Waals surface area contributed by atoms with Crippen LogP contribution in [0.4, 0.5) is 5.69 Å². The summed E-state index contributed by atoms with van der Waals surface area (Å²) in [6, 6.07) is 28.3. The molecule has 0 bridgehead atoms. The van der Waals surface area contributed by atoms with E-state index < -0.39 is 28.5 Å². The summed E-state index contributed by atoms with van der Waals surface area (Å²) in [5.41, 5.74) is 4.71. The van der Waals surface area contributed by atoms with E-state index in [0.29, 0.717) is 12.2 Å². The summed E-state index contributed by atoms with van der Waals surface area (Å²) in [6.45, 7) is 9.74. The van der Waals surface area contributed by atoms with Gasteiger partial charge in [0.1, 0.15) is 12.6 Å². The molecule has 0 heterocycles. The predicted molar refractivity (Wildman–Crippen MR) is 188 cm³/mol. The lowest BCUT2D eigenvalue weighted by Crippen LogP contribution is -2.53. The number of hydrogen-bond donors (Lipinski definition) is 1. The van der Waals surface area contributed by atoms with Crippen LogP contribution in [0.3, 0.4) is 0 Å². The third-order valence-electron chi connectivity index (χ3n) is 7.71. The Morgan fingerprint density at radius 3 is 2.09 bits per heavy atom. The lowest BCUT2D eigenvalue weighted by molar-refractivity contribution is -0.140. The van der Waals surface area contributed by atoms with Crippen LogP contribution in [0.15, 0.2) is 106 Å². The number of nitrogens with one attached hydrogen (secondary N) is 1. The van der Waals surface area contributed by atoms with Gasteiger partial charge >= 0.3 is 0 Å². The van der Waals surface area contributed by atoms with E-state index in [1.807, 2.05) is 101 Å². The van der Waals surface area contributed by atoms with Gasteiger partial charge in [-0.2, -0.15) is 0 Å². The van der Waals surface area contributed by atoms with Crippen LogP contribution < -0.4 is 9.62 Å². The van der Waals surface area contributed by atoms with Gasteiger partial charge in [0.2, 0.25) is 11.8 Å². The van der Waals surface area contributed by atoms with Crippen LogP contribution >= 0.6 is 15.9 Å². The highest BCUT2D eigenvalue weighted by Gasteiger charge is 2.35. The molecule has 242 valence electrons. The zero-order chi connectivity index (χ0) is 33.4. The second-order valence-corrected chi connectivity index (χ2v) is 14.9. The number of hydrogen-bond acceptors (Lipinski definition) is 4. The molecule has 0 spiro atoms. The summed E-state index contributed by atoms with van der Waals surface area (Å²) in [4.78, 5) is 30.1. The Morgan fingerprint density at radius 1 is 0.804 bits per heavy atom. The van der Waals surface area contributed by atoms with Gasteiger partial charge in [-0.3, -0.25) is 13.9 Å². The van der Waals surface area contributed by atoms with Crippen molar-refractivity contribution in [1.29, 1.82) is 0 Å². The van der Waals surface area contributed by atoms with Crippen LogP contribution in [-0.2, 0) is 32.6 Å². The number of aryl methyl sites for hydroxylation is 3. The number of nitrogens with zero attached hydrogens (tertiary/aromatic N) is 2. The van der Waals surface area contributed by atoms with Gasteiger partial charge in [0.05, 0.1) is 10.6 Å². The first-order valence-corrected chi connectivity index (χ1v) is 17.6. The van der Waals surface area contributed by atoms with Crippen molar-refractivity contribution >= 4 is 43.5 Å². The van der Waals surface area contributed by atoms with Crippen molar-refractivity contribution in [2.24, 2.45) is 5.92 Å². The third kappa shape index (κ3) is 9.07. The van der Waals surface area contributed by atoms with Crippen molar-refractivity contribution in [3.8, 4) is 0 Å². The second kappa shape index (κ2) is 15.6. The lowest BCUT2D eigenvalue weighted by Gasteiger charge is -2.34. The summed E-state index contributed by atoms with van der Waals surface area (Å²) in [6.07, 6.45) is 0.263. The Balaban J connectivity index is 1.82. The minimum Gasteiger partial charge on any atom is -0.354 e. The van der Waals surface area contributed by atoms with Crippen molar-refractivity contribution in [2.75, 3.05) is 17.4 Å². The van der Waals surface area contributed by atoms with Crippen molar-refractivity contribution in [3.05, 3.63) is 129 Å². The molecule has 0 fully saturated rings. The van der Waals surface area contributed by atoms with Gasteiger partial charge in [0.15, 0.2) is 0 Å². The molecule has 4 rings (SSSR count). The Kier molecular flexibility index (Phi) is 11.8. The number of sulfonamides is 1. The zero-order valence-corrected chi connectivity index (χ0v) is 29.4. The Bertz CT molecular complexity index is 1760. The Labute approximate surface area is 281 Å². The maximum atomic E-state index is 14.6. The van der Waals surface area contributed by atoms with Gasteiger partial charge in [-0.25, -0.2) is 8.42 Å². The van der Waals surface area contributed by atoms with Crippen LogP contribution in [0.25, 0.3) is 0 Å². The van der Waals surface area contributed by atoms with Crippen LogP contribution in [0.5, 0.6) is 0 Å². The molecule has 2 amide bonds. The van der Waals surface area contributed by atoms with E-state index in [1.54, 1.807) is 30.3 Å². The second-order valence-electron chi connectivity index (χ2n) is 12.1. The van der Waals surface area contributed by atoms with Gasteiger partial charge in [0, 0.05) is 24.0 Å². The summed E-state index contributed by atoms with van der Waals surface area (Å²) in [5, 5.41) is 3.02. The van der Waals surface area contributed by atoms with Gasteiger partial charge < -0.3 is 10.2 Å². The predicted octanol–water partition coefficient (Wildman–Crippen LogP) is 6.98. The van der Waals surface area contributed by atoms with Crippen LogP contribution in [0.1, 0.15) is 41.7 Å². The van der Waals surface area contributed by atoms with Gasteiger partial charge in [-0.1, -0.05) is 108 Å². The third-order valence-corrected chi connectivity index (χ3v) is 9.97. The maximum Gasteiger partial charge on any atom is 0.264 e. The fourth-order valence-electron chi connectivity index (χ4n) is 5.24.